The second-order valence-electron chi connectivity index (χ2n) is 4.13. The third-order valence-corrected chi connectivity index (χ3v) is 5.73. The van der Waals surface area contributed by atoms with Crippen molar-refractivity contribution in [1.29, 1.82) is 0 Å². The van der Waals surface area contributed by atoms with Crippen molar-refractivity contribution in [3.05, 3.63) is 17.0 Å². The molecule has 0 atom stereocenters. The number of thiophene rings is 1. The van der Waals surface area contributed by atoms with E-state index in [0.717, 1.165) is 36.9 Å². The fourth-order valence-electron chi connectivity index (χ4n) is 1.44. The maximum absolute atomic E-state index is 12.2. The Morgan fingerprint density at radius 1 is 1.47 bits per heavy atom. The van der Waals surface area contributed by atoms with Crippen LogP contribution in [-0.2, 0) is 16.6 Å². The quantitative estimate of drug-likeness (QED) is 0.748. The van der Waals surface area contributed by atoms with Crippen LogP contribution < -0.4 is 5.32 Å². The van der Waals surface area contributed by atoms with Crippen LogP contribution in [0.4, 0.5) is 8.78 Å². The summed E-state index contributed by atoms with van der Waals surface area (Å²) in [7, 11) is -2.64. The third-order valence-electron chi connectivity index (χ3n) is 2.45. The molecule has 4 nitrogen and oxygen atoms in total. The normalized spacial score (nSPS) is 12.5. The van der Waals surface area contributed by atoms with Crippen LogP contribution in [0.15, 0.2) is 15.7 Å². The smallest absolute Gasteiger partial charge is 0.252 e. The Morgan fingerprint density at radius 2 is 2.16 bits per heavy atom. The fourth-order valence-corrected chi connectivity index (χ4v) is 4.00. The van der Waals surface area contributed by atoms with Crippen LogP contribution in [0, 0.1) is 0 Å². The Labute approximate surface area is 116 Å². The SMILES string of the molecule is CCCNCc1csc(S(=O)(=O)N(C)CC(F)F)c1. The molecular weight excluding hydrogens is 294 g/mol. The molecule has 0 fully saturated rings. The summed E-state index contributed by atoms with van der Waals surface area (Å²) in [5, 5.41) is 4.88. The summed E-state index contributed by atoms with van der Waals surface area (Å²) in [6.07, 6.45) is -1.68. The molecule has 0 aromatic carbocycles. The van der Waals surface area contributed by atoms with Gasteiger partial charge in [-0.1, -0.05) is 6.92 Å². The van der Waals surface area contributed by atoms with E-state index in [9.17, 15) is 17.2 Å². The van der Waals surface area contributed by atoms with Gasteiger partial charge in [-0.25, -0.2) is 17.2 Å². The van der Waals surface area contributed by atoms with Crippen molar-refractivity contribution >= 4 is 21.4 Å². The molecule has 1 heterocycles. The predicted octanol–water partition coefficient (Wildman–Crippen LogP) is 2.13. The second-order valence-corrected chi connectivity index (χ2v) is 7.31. The fraction of sp³-hybridized carbons (Fsp3) is 0.636. The minimum absolute atomic E-state index is 0.101. The number of rotatable bonds is 8. The highest BCUT2D eigenvalue weighted by atomic mass is 32.2. The van der Waals surface area contributed by atoms with E-state index in [-0.39, 0.29) is 4.21 Å². The van der Waals surface area contributed by atoms with Gasteiger partial charge in [-0.05, 0) is 30.0 Å². The lowest BCUT2D eigenvalue weighted by molar-refractivity contribution is 0.126. The molecule has 1 aromatic heterocycles. The Bertz CT molecular complexity index is 489. The second kappa shape index (κ2) is 7.28. The van der Waals surface area contributed by atoms with Gasteiger partial charge >= 0.3 is 0 Å². The zero-order valence-electron chi connectivity index (χ0n) is 10.9. The molecule has 0 bridgehead atoms. The molecule has 0 aliphatic rings. The molecule has 0 aliphatic carbocycles. The molecule has 1 aromatic rings. The average molecular weight is 312 g/mol. The Hall–Kier alpha value is -0.570. The van der Waals surface area contributed by atoms with Crippen LogP contribution in [0.5, 0.6) is 0 Å². The van der Waals surface area contributed by atoms with E-state index >= 15 is 0 Å². The maximum atomic E-state index is 12.2. The molecule has 0 amide bonds. The summed E-state index contributed by atoms with van der Waals surface area (Å²) in [4.78, 5) is 0. The van der Waals surface area contributed by atoms with Gasteiger partial charge in [-0.2, -0.15) is 4.31 Å². The van der Waals surface area contributed by atoms with Gasteiger partial charge in [0.2, 0.25) is 0 Å². The lowest BCUT2D eigenvalue weighted by Crippen LogP contribution is -2.30. The number of nitrogens with one attached hydrogen (secondary N) is 1. The van der Waals surface area contributed by atoms with Crippen LogP contribution in [0.25, 0.3) is 0 Å². The van der Waals surface area contributed by atoms with Crippen LogP contribution in [-0.4, -0.2) is 39.3 Å². The topological polar surface area (TPSA) is 49.4 Å². The first-order valence-electron chi connectivity index (χ1n) is 5.90. The third kappa shape index (κ3) is 4.79. The van der Waals surface area contributed by atoms with E-state index < -0.39 is 23.0 Å². The van der Waals surface area contributed by atoms with E-state index in [1.165, 1.54) is 6.07 Å². The molecule has 1 N–H and O–H groups in total. The van der Waals surface area contributed by atoms with Crippen molar-refractivity contribution in [2.24, 2.45) is 0 Å². The highest BCUT2D eigenvalue weighted by Gasteiger charge is 2.25. The highest BCUT2D eigenvalue weighted by molar-refractivity contribution is 7.91. The molecule has 8 heteroatoms. The molecule has 1 rings (SSSR count). The molecule has 110 valence electrons. The monoisotopic (exact) mass is 312 g/mol. The molecule has 0 saturated heterocycles. The van der Waals surface area contributed by atoms with Gasteiger partial charge in [0.25, 0.3) is 16.4 Å². The van der Waals surface area contributed by atoms with E-state index in [0.29, 0.717) is 10.8 Å². The van der Waals surface area contributed by atoms with Crippen LogP contribution >= 0.6 is 11.3 Å². The average Bonchev–Trinajstić information content (AvgIpc) is 2.78. The first-order chi connectivity index (χ1) is 8.87. The molecule has 0 spiro atoms. The number of hydrogen-bond donors (Lipinski definition) is 1. The van der Waals surface area contributed by atoms with Crippen LogP contribution in [0.3, 0.4) is 0 Å². The number of hydrogen-bond acceptors (Lipinski definition) is 4. The molecule has 0 unspecified atom stereocenters. The summed E-state index contributed by atoms with van der Waals surface area (Å²) < 4.78 is 49.2. The molecule has 0 radical (unpaired) electrons. The van der Waals surface area contributed by atoms with Gasteiger partial charge in [-0.3, -0.25) is 0 Å². The largest absolute Gasteiger partial charge is 0.313 e. The number of halogens is 2. The van der Waals surface area contributed by atoms with E-state index in [4.69, 9.17) is 0 Å². The zero-order chi connectivity index (χ0) is 14.5. The minimum atomic E-state index is -3.80. The van der Waals surface area contributed by atoms with E-state index in [1.807, 2.05) is 6.92 Å². The van der Waals surface area contributed by atoms with Gasteiger partial charge < -0.3 is 5.32 Å². The Balaban J connectivity index is 2.73. The summed E-state index contributed by atoms with van der Waals surface area (Å²) in [5.41, 5.74) is 0.850. The lowest BCUT2D eigenvalue weighted by Gasteiger charge is -2.14. The summed E-state index contributed by atoms with van der Waals surface area (Å²) in [6, 6.07) is 1.53. The van der Waals surface area contributed by atoms with Gasteiger partial charge in [0.1, 0.15) is 4.21 Å². The Morgan fingerprint density at radius 3 is 2.74 bits per heavy atom. The summed E-state index contributed by atoms with van der Waals surface area (Å²) in [6.45, 7) is 2.68. The van der Waals surface area contributed by atoms with Gasteiger partial charge in [-0.15, -0.1) is 11.3 Å². The highest BCUT2D eigenvalue weighted by Crippen LogP contribution is 2.23. The van der Waals surface area contributed by atoms with Crippen molar-refractivity contribution in [3.8, 4) is 0 Å². The molecule has 0 aliphatic heterocycles. The first kappa shape index (κ1) is 16.5. The summed E-state index contributed by atoms with van der Waals surface area (Å²) >= 11 is 1.06. The minimum Gasteiger partial charge on any atom is -0.313 e. The predicted molar refractivity (Wildman–Crippen MR) is 72.1 cm³/mol. The standard InChI is InChI=1S/C11H18F2N2O2S2/c1-3-4-14-6-9-5-11(18-8-9)19(16,17)15(2)7-10(12)13/h5,8,10,14H,3-4,6-7H2,1-2H3. The van der Waals surface area contributed by atoms with Crippen molar-refractivity contribution in [1.82, 2.24) is 9.62 Å². The van der Waals surface area contributed by atoms with Crippen molar-refractivity contribution < 1.29 is 17.2 Å². The van der Waals surface area contributed by atoms with Gasteiger partial charge in [0.15, 0.2) is 0 Å². The van der Waals surface area contributed by atoms with Gasteiger partial charge in [0, 0.05) is 13.6 Å². The summed E-state index contributed by atoms with van der Waals surface area (Å²) in [5.74, 6) is 0. The van der Waals surface area contributed by atoms with Crippen LogP contribution in [0.2, 0.25) is 0 Å². The van der Waals surface area contributed by atoms with Crippen LogP contribution in [0.1, 0.15) is 18.9 Å². The number of nitrogens with zero attached hydrogens (tertiary/aromatic N) is 1. The van der Waals surface area contributed by atoms with E-state index in [2.05, 4.69) is 5.32 Å². The van der Waals surface area contributed by atoms with E-state index in [1.54, 1.807) is 5.38 Å². The van der Waals surface area contributed by atoms with Crippen molar-refractivity contribution in [2.45, 2.75) is 30.5 Å². The van der Waals surface area contributed by atoms with Crippen molar-refractivity contribution in [2.75, 3.05) is 20.1 Å². The number of alkyl halides is 2. The molecule has 19 heavy (non-hydrogen) atoms. The molecule has 0 saturated carbocycles. The van der Waals surface area contributed by atoms with Gasteiger partial charge in [0.05, 0.1) is 6.54 Å². The molecular formula is C11H18F2N2O2S2. The maximum Gasteiger partial charge on any atom is 0.252 e. The van der Waals surface area contributed by atoms with Crippen molar-refractivity contribution in [3.63, 3.8) is 0 Å². The lowest BCUT2D eigenvalue weighted by atomic mass is 10.3. The zero-order valence-corrected chi connectivity index (χ0v) is 12.5. The first-order valence-corrected chi connectivity index (χ1v) is 8.22. The number of sulfonamides is 1. The Kier molecular flexibility index (Phi) is 6.31.